The third-order valence-electron chi connectivity index (χ3n) is 4.48. The van der Waals surface area contributed by atoms with Crippen molar-refractivity contribution in [1.29, 1.82) is 0 Å². The van der Waals surface area contributed by atoms with Gasteiger partial charge in [-0.15, -0.1) is 0 Å². The summed E-state index contributed by atoms with van der Waals surface area (Å²) < 4.78 is 1.99. The van der Waals surface area contributed by atoms with Gasteiger partial charge in [0, 0.05) is 40.7 Å². The van der Waals surface area contributed by atoms with Crippen LogP contribution in [0.3, 0.4) is 0 Å². The van der Waals surface area contributed by atoms with Gasteiger partial charge in [-0.3, -0.25) is 4.79 Å². The van der Waals surface area contributed by atoms with E-state index in [1.54, 1.807) is 12.1 Å². The molecule has 0 fully saturated rings. The number of nitrogen functional groups attached to an aromatic ring is 1. The molecule has 0 saturated heterocycles. The summed E-state index contributed by atoms with van der Waals surface area (Å²) in [4.78, 5) is 17.4. The Kier molecular flexibility index (Phi) is 3.39. The second kappa shape index (κ2) is 5.60. The van der Waals surface area contributed by atoms with Crippen molar-refractivity contribution in [3.05, 3.63) is 78.6 Å². The first-order valence-corrected chi connectivity index (χ1v) is 7.99. The third-order valence-corrected chi connectivity index (χ3v) is 4.48. The first-order chi connectivity index (χ1) is 12.1. The summed E-state index contributed by atoms with van der Waals surface area (Å²) >= 11 is 0. The number of hydrogen-bond donors (Lipinski definition) is 1. The zero-order chi connectivity index (χ0) is 17.6. The van der Waals surface area contributed by atoms with Gasteiger partial charge in [-0.25, -0.2) is 4.98 Å². The topological polar surface area (TPSA) is 60.9 Å². The highest BCUT2D eigenvalue weighted by molar-refractivity contribution is 6.30. The summed E-state index contributed by atoms with van der Waals surface area (Å²) in [6.45, 7) is 4.03. The van der Waals surface area contributed by atoms with Gasteiger partial charge in [-0.2, -0.15) is 0 Å². The number of nitrogens with zero attached hydrogens (tertiary/aromatic N) is 2. The van der Waals surface area contributed by atoms with Crippen molar-refractivity contribution in [2.45, 2.75) is 0 Å². The molecule has 4 rings (SSSR count). The van der Waals surface area contributed by atoms with E-state index < -0.39 is 0 Å². The number of carbonyl (C=O) groups is 1. The van der Waals surface area contributed by atoms with Crippen LogP contribution in [0.2, 0.25) is 0 Å². The quantitative estimate of drug-likeness (QED) is 0.348. The fourth-order valence-corrected chi connectivity index (χ4v) is 3.16. The number of hydrogen-bond acceptors (Lipinski definition) is 3. The summed E-state index contributed by atoms with van der Waals surface area (Å²) in [5.74, 6) is -0.193. The molecule has 4 heteroatoms. The van der Waals surface area contributed by atoms with Crippen molar-refractivity contribution in [3.63, 3.8) is 0 Å². The van der Waals surface area contributed by atoms with Gasteiger partial charge in [0.25, 0.3) is 0 Å². The predicted molar refractivity (Wildman–Crippen MR) is 102 cm³/mol. The normalized spacial score (nSPS) is 11.1. The van der Waals surface area contributed by atoms with Crippen molar-refractivity contribution in [2.24, 2.45) is 7.05 Å². The average molecular weight is 327 g/mol. The molecule has 25 heavy (non-hydrogen) atoms. The first kappa shape index (κ1) is 15.1. The Balaban J connectivity index is 1.80. The summed E-state index contributed by atoms with van der Waals surface area (Å²) in [6, 6.07) is 17.1. The molecule has 122 valence electrons. The molecule has 2 N–H and O–H groups in total. The van der Waals surface area contributed by atoms with Crippen molar-refractivity contribution in [3.8, 4) is 0 Å². The lowest BCUT2D eigenvalue weighted by molar-refractivity contribution is 0.105. The molecule has 0 saturated carbocycles. The van der Waals surface area contributed by atoms with Crippen molar-refractivity contribution in [2.75, 3.05) is 5.73 Å². The summed E-state index contributed by atoms with van der Waals surface area (Å²) in [7, 11) is 1.96. The molecule has 0 amide bonds. The van der Waals surface area contributed by atoms with Gasteiger partial charge in [-0.05, 0) is 18.2 Å². The molecule has 4 aromatic rings. The minimum atomic E-state index is -0.193. The zero-order valence-electron chi connectivity index (χ0n) is 13.9. The second-order valence-corrected chi connectivity index (χ2v) is 6.09. The van der Waals surface area contributed by atoms with E-state index in [1.165, 1.54) is 0 Å². The number of nitrogens with two attached hydrogens (primary N) is 1. The summed E-state index contributed by atoms with van der Waals surface area (Å²) in [6.07, 6.45) is 1.93. The van der Waals surface area contributed by atoms with Crippen molar-refractivity contribution >= 4 is 38.8 Å². The minimum absolute atomic E-state index is 0.193. The van der Waals surface area contributed by atoms with E-state index in [4.69, 9.17) is 5.73 Å². The van der Waals surface area contributed by atoms with E-state index in [0.29, 0.717) is 22.5 Å². The van der Waals surface area contributed by atoms with E-state index in [-0.39, 0.29) is 5.78 Å². The number of benzene rings is 2. The molecular formula is C21H17N3O. The Morgan fingerprint density at radius 2 is 1.88 bits per heavy atom. The molecule has 0 bridgehead atoms. The van der Waals surface area contributed by atoms with Gasteiger partial charge in [0.15, 0.2) is 0 Å². The van der Waals surface area contributed by atoms with Crippen LogP contribution in [0.5, 0.6) is 0 Å². The number of Topliss-reactive ketones (excluding diaryl/α,β-unsaturated/α-hetero) is 1. The number of pyridine rings is 1. The van der Waals surface area contributed by atoms with E-state index in [0.717, 1.165) is 21.9 Å². The Hall–Kier alpha value is -3.40. The Morgan fingerprint density at radius 3 is 2.72 bits per heavy atom. The van der Waals surface area contributed by atoms with Crippen LogP contribution in [0.1, 0.15) is 16.1 Å². The molecule has 0 spiro atoms. The van der Waals surface area contributed by atoms with Crippen LogP contribution >= 0.6 is 0 Å². The van der Waals surface area contributed by atoms with Crippen LogP contribution in [0, 0.1) is 0 Å². The molecule has 2 aromatic carbocycles. The van der Waals surface area contributed by atoms with Crippen LogP contribution in [0.15, 0.2) is 67.4 Å². The van der Waals surface area contributed by atoms with Crippen LogP contribution in [0.4, 0.5) is 5.69 Å². The van der Waals surface area contributed by atoms with E-state index in [1.807, 2.05) is 60.3 Å². The standard InChI is InChI=1S/C21H17N3O/c1-13(16-12-24(2)19-9-4-3-7-15(16)19)21(25)18-11-10-14-6-5-8-17(22)20(14)23-18/h3-12H,1,22H2,2H3. The fraction of sp³-hybridized carbons (Fsp3) is 0.0476. The molecule has 2 heterocycles. The van der Waals surface area contributed by atoms with Gasteiger partial charge in [0.05, 0.1) is 11.2 Å². The Labute approximate surface area is 145 Å². The number of ketones is 1. The maximum absolute atomic E-state index is 12.9. The number of fused-ring (bicyclic) bond motifs is 2. The maximum Gasteiger partial charge on any atom is 0.211 e. The fourth-order valence-electron chi connectivity index (χ4n) is 3.16. The highest BCUT2D eigenvalue weighted by Gasteiger charge is 2.18. The smallest absolute Gasteiger partial charge is 0.211 e. The SMILES string of the molecule is C=C(C(=O)c1ccc2cccc(N)c2n1)c1cn(C)c2ccccc12. The minimum Gasteiger partial charge on any atom is -0.397 e. The number of rotatable bonds is 3. The highest BCUT2D eigenvalue weighted by Crippen LogP contribution is 2.28. The van der Waals surface area contributed by atoms with Crippen LogP contribution < -0.4 is 5.73 Å². The van der Waals surface area contributed by atoms with Crippen molar-refractivity contribution in [1.82, 2.24) is 9.55 Å². The van der Waals surface area contributed by atoms with E-state index >= 15 is 0 Å². The number of para-hydroxylation sites is 2. The molecule has 2 aromatic heterocycles. The molecule has 0 unspecified atom stereocenters. The predicted octanol–water partition coefficient (Wildman–Crippen LogP) is 4.20. The number of carbonyl (C=O) groups excluding carboxylic acids is 1. The van der Waals surface area contributed by atoms with E-state index in [9.17, 15) is 4.79 Å². The lowest BCUT2D eigenvalue weighted by Crippen LogP contribution is -2.05. The Morgan fingerprint density at radius 1 is 1.08 bits per heavy atom. The van der Waals surface area contributed by atoms with Gasteiger partial charge in [-0.1, -0.05) is 43.0 Å². The highest BCUT2D eigenvalue weighted by atomic mass is 16.1. The maximum atomic E-state index is 12.9. The van der Waals surface area contributed by atoms with Crippen LogP contribution in [0.25, 0.3) is 27.4 Å². The van der Waals surface area contributed by atoms with Gasteiger partial charge in [0.2, 0.25) is 5.78 Å². The zero-order valence-corrected chi connectivity index (χ0v) is 13.9. The number of aryl methyl sites for hydroxylation is 1. The molecule has 0 aliphatic carbocycles. The van der Waals surface area contributed by atoms with Gasteiger partial charge < -0.3 is 10.3 Å². The molecule has 0 radical (unpaired) electrons. The summed E-state index contributed by atoms with van der Waals surface area (Å²) in [5.41, 5.74) is 9.85. The lowest BCUT2D eigenvalue weighted by atomic mass is 10.00. The van der Waals surface area contributed by atoms with E-state index in [2.05, 4.69) is 11.6 Å². The number of allylic oxidation sites excluding steroid dienone is 1. The second-order valence-electron chi connectivity index (χ2n) is 6.09. The lowest BCUT2D eigenvalue weighted by Gasteiger charge is -2.06. The third kappa shape index (κ3) is 2.39. The monoisotopic (exact) mass is 327 g/mol. The number of aromatic nitrogens is 2. The first-order valence-electron chi connectivity index (χ1n) is 7.99. The summed E-state index contributed by atoms with van der Waals surface area (Å²) in [5, 5.41) is 1.91. The van der Waals surface area contributed by atoms with Crippen LogP contribution in [-0.2, 0) is 7.05 Å². The van der Waals surface area contributed by atoms with Gasteiger partial charge in [0.1, 0.15) is 5.69 Å². The Bertz CT molecular complexity index is 1150. The molecular weight excluding hydrogens is 310 g/mol. The van der Waals surface area contributed by atoms with Gasteiger partial charge >= 0.3 is 0 Å². The molecule has 0 atom stereocenters. The largest absolute Gasteiger partial charge is 0.397 e. The van der Waals surface area contributed by atoms with Crippen LogP contribution in [-0.4, -0.2) is 15.3 Å². The number of anilines is 1. The average Bonchev–Trinajstić information content (AvgIpc) is 2.98. The molecule has 0 aliphatic heterocycles. The molecule has 4 nitrogen and oxygen atoms in total. The molecule has 0 aliphatic rings. The van der Waals surface area contributed by atoms with Crippen molar-refractivity contribution < 1.29 is 4.79 Å².